The molecule has 0 aliphatic heterocycles. The zero-order valence-electron chi connectivity index (χ0n) is 10.5. The van der Waals surface area contributed by atoms with Gasteiger partial charge in [0.2, 0.25) is 0 Å². The fourth-order valence-electron chi connectivity index (χ4n) is 2.01. The van der Waals surface area contributed by atoms with Gasteiger partial charge in [0.1, 0.15) is 5.82 Å². The van der Waals surface area contributed by atoms with Gasteiger partial charge < -0.3 is 5.11 Å². The first-order valence-electron chi connectivity index (χ1n) is 5.90. The summed E-state index contributed by atoms with van der Waals surface area (Å²) in [7, 11) is 0. The lowest BCUT2D eigenvalue weighted by Gasteiger charge is -2.29. The lowest BCUT2D eigenvalue weighted by Crippen LogP contribution is -2.30. The Morgan fingerprint density at radius 1 is 1.44 bits per heavy atom. The number of halogens is 2. The molecule has 1 aromatic rings. The van der Waals surface area contributed by atoms with Crippen molar-refractivity contribution in [1.29, 1.82) is 0 Å². The zero-order chi connectivity index (χ0) is 13.7. The summed E-state index contributed by atoms with van der Waals surface area (Å²) in [5, 5.41) is 9.00. The standard InChI is InChI=1S/C13H17ClFNO2/c1-3-16(4-2)12(8-13(17)18)9-5-6-11(15)10(14)7-9/h5-7,12H,3-4,8H2,1-2H3,(H,17,18). The van der Waals surface area contributed by atoms with Crippen LogP contribution in [0.3, 0.4) is 0 Å². The van der Waals surface area contributed by atoms with Crippen LogP contribution in [0.4, 0.5) is 4.39 Å². The summed E-state index contributed by atoms with van der Waals surface area (Å²) in [4.78, 5) is 12.9. The lowest BCUT2D eigenvalue weighted by molar-refractivity contribution is -0.138. The minimum Gasteiger partial charge on any atom is -0.481 e. The maximum atomic E-state index is 13.1. The van der Waals surface area contributed by atoms with Gasteiger partial charge in [-0.3, -0.25) is 9.69 Å². The zero-order valence-corrected chi connectivity index (χ0v) is 11.2. The van der Waals surface area contributed by atoms with E-state index in [1.165, 1.54) is 12.1 Å². The number of hydrogen-bond acceptors (Lipinski definition) is 2. The molecule has 0 saturated carbocycles. The third-order valence-corrected chi connectivity index (χ3v) is 3.24. The Kier molecular flexibility index (Phi) is 5.56. The highest BCUT2D eigenvalue weighted by Crippen LogP contribution is 2.27. The van der Waals surface area contributed by atoms with E-state index in [2.05, 4.69) is 0 Å². The second-order valence-corrected chi connectivity index (χ2v) is 4.42. The molecule has 1 unspecified atom stereocenters. The summed E-state index contributed by atoms with van der Waals surface area (Å²) in [6.45, 7) is 5.37. The smallest absolute Gasteiger partial charge is 0.305 e. The van der Waals surface area contributed by atoms with Crippen LogP contribution in [0.5, 0.6) is 0 Å². The average Bonchev–Trinajstić information content (AvgIpc) is 2.32. The number of aliphatic carboxylic acids is 1. The van der Waals surface area contributed by atoms with Crippen LogP contribution in [0.2, 0.25) is 5.02 Å². The van der Waals surface area contributed by atoms with Crippen LogP contribution in [0.15, 0.2) is 18.2 Å². The predicted molar refractivity (Wildman–Crippen MR) is 69.3 cm³/mol. The van der Waals surface area contributed by atoms with Gasteiger partial charge in [-0.1, -0.05) is 31.5 Å². The van der Waals surface area contributed by atoms with E-state index in [0.29, 0.717) is 0 Å². The number of hydrogen-bond donors (Lipinski definition) is 1. The van der Waals surface area contributed by atoms with E-state index in [-0.39, 0.29) is 17.5 Å². The quantitative estimate of drug-likeness (QED) is 0.864. The monoisotopic (exact) mass is 273 g/mol. The number of carbonyl (C=O) groups is 1. The third-order valence-electron chi connectivity index (χ3n) is 2.95. The lowest BCUT2D eigenvalue weighted by atomic mass is 10.0. The van der Waals surface area contributed by atoms with E-state index < -0.39 is 11.8 Å². The van der Waals surface area contributed by atoms with Crippen molar-refractivity contribution in [1.82, 2.24) is 4.90 Å². The molecule has 0 heterocycles. The molecule has 0 radical (unpaired) electrons. The maximum absolute atomic E-state index is 13.1. The highest BCUT2D eigenvalue weighted by Gasteiger charge is 2.21. The Hall–Kier alpha value is -1.13. The van der Waals surface area contributed by atoms with E-state index in [4.69, 9.17) is 16.7 Å². The highest BCUT2D eigenvalue weighted by molar-refractivity contribution is 6.30. The van der Waals surface area contributed by atoms with Crippen LogP contribution < -0.4 is 0 Å². The van der Waals surface area contributed by atoms with Gasteiger partial charge in [-0.2, -0.15) is 0 Å². The Balaban J connectivity index is 3.07. The summed E-state index contributed by atoms with van der Waals surface area (Å²) in [6.07, 6.45) is -0.0242. The molecule has 0 bridgehead atoms. The van der Waals surface area contributed by atoms with Crippen molar-refractivity contribution >= 4 is 17.6 Å². The molecule has 0 aliphatic rings. The number of benzene rings is 1. The molecule has 1 atom stereocenters. The minimum absolute atomic E-state index is 0.0232. The van der Waals surface area contributed by atoms with Crippen molar-refractivity contribution < 1.29 is 14.3 Å². The molecule has 1 aromatic carbocycles. The van der Waals surface area contributed by atoms with E-state index in [9.17, 15) is 9.18 Å². The van der Waals surface area contributed by atoms with Crippen molar-refractivity contribution in [3.63, 3.8) is 0 Å². The minimum atomic E-state index is -0.882. The molecule has 1 N–H and O–H groups in total. The van der Waals surface area contributed by atoms with Gasteiger partial charge in [-0.15, -0.1) is 0 Å². The van der Waals surface area contributed by atoms with Gasteiger partial charge in [0.05, 0.1) is 11.4 Å². The summed E-state index contributed by atoms with van der Waals surface area (Å²) in [5.41, 5.74) is 0.729. The molecule has 0 amide bonds. The first kappa shape index (κ1) is 14.9. The van der Waals surface area contributed by atoms with Crippen molar-refractivity contribution in [3.8, 4) is 0 Å². The third kappa shape index (κ3) is 3.68. The van der Waals surface area contributed by atoms with Gasteiger partial charge in [0.25, 0.3) is 0 Å². The predicted octanol–water partition coefficient (Wildman–Crippen LogP) is 3.34. The van der Waals surface area contributed by atoms with Crippen LogP contribution in [0.1, 0.15) is 31.9 Å². The number of nitrogens with zero attached hydrogens (tertiary/aromatic N) is 1. The second-order valence-electron chi connectivity index (χ2n) is 4.01. The normalized spacial score (nSPS) is 12.7. The molecule has 3 nitrogen and oxygen atoms in total. The van der Waals surface area contributed by atoms with Crippen molar-refractivity contribution in [2.75, 3.05) is 13.1 Å². The number of rotatable bonds is 6. The molecular weight excluding hydrogens is 257 g/mol. The van der Waals surface area contributed by atoms with Crippen LogP contribution in [0, 0.1) is 5.82 Å². The number of carboxylic acids is 1. The molecule has 5 heteroatoms. The molecule has 0 saturated heterocycles. The Bertz CT molecular complexity index is 421. The van der Waals surface area contributed by atoms with Crippen LogP contribution in [-0.2, 0) is 4.79 Å². The summed E-state index contributed by atoms with van der Waals surface area (Å²) in [6, 6.07) is 4.09. The van der Waals surface area contributed by atoms with Gasteiger partial charge in [-0.05, 0) is 30.8 Å². The van der Waals surface area contributed by atoms with Gasteiger partial charge in [0, 0.05) is 6.04 Å². The Labute approximate surface area is 111 Å². The molecular formula is C13H17ClFNO2. The largest absolute Gasteiger partial charge is 0.481 e. The molecule has 18 heavy (non-hydrogen) atoms. The van der Waals surface area contributed by atoms with E-state index >= 15 is 0 Å². The van der Waals surface area contributed by atoms with Gasteiger partial charge in [0.15, 0.2) is 0 Å². The molecule has 0 spiro atoms. The second kappa shape index (κ2) is 6.71. The van der Waals surface area contributed by atoms with Gasteiger partial charge >= 0.3 is 5.97 Å². The fraction of sp³-hybridized carbons (Fsp3) is 0.462. The topological polar surface area (TPSA) is 40.5 Å². The van der Waals surface area contributed by atoms with Crippen LogP contribution in [0.25, 0.3) is 0 Å². The van der Waals surface area contributed by atoms with E-state index in [1.54, 1.807) is 6.07 Å². The molecule has 100 valence electrons. The summed E-state index contributed by atoms with van der Waals surface area (Å²) in [5.74, 6) is -1.37. The molecule has 0 aromatic heterocycles. The molecule has 0 aliphatic carbocycles. The highest BCUT2D eigenvalue weighted by atomic mass is 35.5. The first-order chi connectivity index (χ1) is 8.49. The summed E-state index contributed by atoms with van der Waals surface area (Å²) < 4.78 is 13.1. The van der Waals surface area contributed by atoms with E-state index in [0.717, 1.165) is 18.7 Å². The maximum Gasteiger partial charge on any atom is 0.305 e. The van der Waals surface area contributed by atoms with Crippen LogP contribution >= 0.6 is 11.6 Å². The summed E-state index contributed by atoms with van der Waals surface area (Å²) >= 11 is 5.74. The van der Waals surface area contributed by atoms with Crippen LogP contribution in [-0.4, -0.2) is 29.1 Å². The van der Waals surface area contributed by atoms with Gasteiger partial charge in [-0.25, -0.2) is 4.39 Å². The SMILES string of the molecule is CCN(CC)C(CC(=O)O)c1ccc(F)c(Cl)c1. The van der Waals surface area contributed by atoms with Crippen molar-refractivity contribution in [2.45, 2.75) is 26.3 Å². The number of carboxylic acid groups (broad SMARTS) is 1. The average molecular weight is 274 g/mol. The Morgan fingerprint density at radius 2 is 2.06 bits per heavy atom. The fourth-order valence-corrected chi connectivity index (χ4v) is 2.20. The Morgan fingerprint density at radius 3 is 2.50 bits per heavy atom. The molecule has 1 rings (SSSR count). The molecule has 0 fully saturated rings. The first-order valence-corrected chi connectivity index (χ1v) is 6.28. The van der Waals surface area contributed by atoms with Crippen molar-refractivity contribution in [2.24, 2.45) is 0 Å². The van der Waals surface area contributed by atoms with E-state index in [1.807, 2.05) is 18.7 Å². The van der Waals surface area contributed by atoms with Crippen molar-refractivity contribution in [3.05, 3.63) is 34.6 Å².